The van der Waals surface area contributed by atoms with Crippen LogP contribution in [0.4, 0.5) is 56.9 Å². The Hall–Kier alpha value is -3.89. The molecule has 20 nitrogen and oxygen atoms in total. The Morgan fingerprint density at radius 3 is 1.62 bits per heavy atom. The van der Waals surface area contributed by atoms with Gasteiger partial charge < -0.3 is 27.0 Å². The van der Waals surface area contributed by atoms with Crippen molar-refractivity contribution in [1.82, 2.24) is 0 Å². The summed E-state index contributed by atoms with van der Waals surface area (Å²) < 4.78 is 105. The van der Waals surface area contributed by atoms with Crippen LogP contribution >= 0.6 is 0 Å². The number of fused-ring (bicyclic) bond motifs is 1. The van der Waals surface area contributed by atoms with E-state index in [0.29, 0.717) is 23.1 Å². The van der Waals surface area contributed by atoms with E-state index in [4.69, 9.17) is 11.5 Å². The third kappa shape index (κ3) is 11.9. The van der Waals surface area contributed by atoms with E-state index in [9.17, 15) is 49.1 Å². The van der Waals surface area contributed by atoms with Gasteiger partial charge in [-0.15, -0.1) is 15.3 Å². The molecule has 0 aliphatic heterocycles. The molecule has 6 rings (SSSR count). The van der Waals surface area contributed by atoms with Gasteiger partial charge in [0.15, 0.2) is 5.75 Å². The standard InChI is InChI=1S/C34H27N9O11S3.3Na/c35-24-17-23(44)11-13-25(24)41-38-21-8-6-19(7-9-21)37-26-12-10-22(16-27(26)55(46,47)48)40-42-32-28(56(49,50)51)14-18-15-29(57(52,53)54)33(34(45)30(18)31(32)36)43-39-20-4-2-1-3-5-20;;;/h1-17,37,44-45H,35-36H2,(H,46,47,48)(H,49,50,51)(H,52,53,54);;;. The number of nitrogens with two attached hydrogens (primary N) is 2. The van der Waals surface area contributed by atoms with Gasteiger partial charge in [-0.25, -0.2) is 0 Å². The molecular formula is C34H27N9Na3O11S3. The fraction of sp³-hybridized carbons (Fsp3) is 0. The summed E-state index contributed by atoms with van der Waals surface area (Å²) in [6.07, 6.45) is 0. The van der Waals surface area contributed by atoms with E-state index in [1.54, 1.807) is 18.2 Å². The molecular weight excluding hydrogens is 876 g/mol. The van der Waals surface area contributed by atoms with Gasteiger partial charge in [-0.1, -0.05) is 18.2 Å². The second-order valence-corrected chi connectivity index (χ2v) is 15.9. The van der Waals surface area contributed by atoms with Crippen molar-refractivity contribution < 1.29 is 49.1 Å². The molecule has 0 spiro atoms. The SMILES string of the molecule is Nc1cc(O)ccc1N=Nc1ccc(Nc2ccc(N=Nc3c(S(=O)(=O)O)cc4cc(S(=O)(=O)O)c(N=Nc5ccccc5)c(O)c4c3N)cc2S(=O)(=O)O)cc1.[Na].[Na].[Na]. The van der Waals surface area contributed by atoms with Crippen LogP contribution in [-0.4, -0.2) is 138 Å². The van der Waals surface area contributed by atoms with E-state index in [0.717, 1.165) is 12.1 Å². The number of azo groups is 3. The van der Waals surface area contributed by atoms with Crippen LogP contribution in [0.25, 0.3) is 10.8 Å². The van der Waals surface area contributed by atoms with Gasteiger partial charge in [0.25, 0.3) is 30.4 Å². The molecule has 0 aliphatic rings. The van der Waals surface area contributed by atoms with Crippen LogP contribution < -0.4 is 16.8 Å². The van der Waals surface area contributed by atoms with Gasteiger partial charge in [0.2, 0.25) is 0 Å². The Labute approximate surface area is 408 Å². The molecule has 0 saturated carbocycles. The van der Waals surface area contributed by atoms with Crippen molar-refractivity contribution >= 4 is 187 Å². The van der Waals surface area contributed by atoms with E-state index < -0.39 is 78.6 Å². The van der Waals surface area contributed by atoms with Crippen molar-refractivity contribution in [2.75, 3.05) is 16.8 Å². The zero-order chi connectivity index (χ0) is 41.3. The predicted octanol–water partition coefficient (Wildman–Crippen LogP) is 7.00. The minimum Gasteiger partial charge on any atom is -0.508 e. The number of phenols is 2. The first kappa shape index (κ1) is 50.5. The van der Waals surface area contributed by atoms with Crippen LogP contribution in [0, 0.1) is 0 Å². The molecule has 60 heavy (non-hydrogen) atoms. The van der Waals surface area contributed by atoms with Crippen molar-refractivity contribution in [2.24, 2.45) is 30.7 Å². The van der Waals surface area contributed by atoms with Crippen LogP contribution in [0.1, 0.15) is 0 Å². The van der Waals surface area contributed by atoms with Crippen LogP contribution in [0.15, 0.2) is 149 Å². The summed E-state index contributed by atoms with van der Waals surface area (Å²) in [5.74, 6) is -1.01. The molecule has 0 atom stereocenters. The molecule has 6 aromatic rings. The van der Waals surface area contributed by atoms with E-state index in [-0.39, 0.29) is 117 Å². The first-order valence-electron chi connectivity index (χ1n) is 15.7. The maximum absolute atomic E-state index is 12.5. The van der Waals surface area contributed by atoms with Crippen LogP contribution in [-0.2, 0) is 30.4 Å². The summed E-state index contributed by atoms with van der Waals surface area (Å²) in [7, 11) is -15.3. The molecule has 295 valence electrons. The van der Waals surface area contributed by atoms with Gasteiger partial charge in [0, 0.05) is 100 Å². The molecule has 0 saturated heterocycles. The quantitative estimate of drug-likeness (QED) is 0.0281. The van der Waals surface area contributed by atoms with Crippen LogP contribution in [0.3, 0.4) is 0 Å². The summed E-state index contributed by atoms with van der Waals surface area (Å²) in [6.45, 7) is 0. The zero-order valence-corrected chi connectivity index (χ0v) is 40.0. The summed E-state index contributed by atoms with van der Waals surface area (Å²) in [4.78, 5) is -2.68. The Bertz CT molecular complexity index is 3020. The number of benzene rings is 6. The summed E-state index contributed by atoms with van der Waals surface area (Å²) >= 11 is 0. The van der Waals surface area contributed by atoms with E-state index in [2.05, 4.69) is 36.0 Å². The maximum Gasteiger partial charge on any atom is 0.296 e. The van der Waals surface area contributed by atoms with E-state index in [1.165, 1.54) is 66.7 Å². The average Bonchev–Trinajstić information content (AvgIpc) is 3.13. The second kappa shape index (κ2) is 20.3. The van der Waals surface area contributed by atoms with Crippen molar-refractivity contribution in [3.8, 4) is 11.5 Å². The largest absolute Gasteiger partial charge is 0.508 e. The number of anilines is 4. The number of aromatic hydroxyl groups is 2. The first-order valence-corrected chi connectivity index (χ1v) is 20.1. The molecule has 0 unspecified atom stereocenters. The van der Waals surface area contributed by atoms with Gasteiger partial charge >= 0.3 is 0 Å². The molecule has 0 fully saturated rings. The van der Waals surface area contributed by atoms with Gasteiger partial charge in [0.05, 0.1) is 39.5 Å². The number of nitrogens with one attached hydrogen (secondary N) is 1. The molecule has 0 aliphatic carbocycles. The summed E-state index contributed by atoms with van der Waals surface area (Å²) in [5, 5.41) is 46.2. The number of hydrogen-bond donors (Lipinski definition) is 8. The zero-order valence-electron chi connectivity index (χ0n) is 31.6. The molecule has 0 aromatic heterocycles. The Balaban J connectivity index is 0.00000320. The molecule has 26 heteroatoms. The third-order valence-electron chi connectivity index (χ3n) is 7.83. The maximum atomic E-state index is 12.5. The number of rotatable bonds is 11. The van der Waals surface area contributed by atoms with E-state index in [1.807, 2.05) is 0 Å². The van der Waals surface area contributed by atoms with Gasteiger partial charge in [-0.2, -0.15) is 40.6 Å². The molecule has 10 N–H and O–H groups in total. The normalized spacial score (nSPS) is 12.0. The molecule has 0 bridgehead atoms. The van der Waals surface area contributed by atoms with Crippen molar-refractivity contribution in [1.29, 1.82) is 0 Å². The predicted molar refractivity (Wildman–Crippen MR) is 224 cm³/mol. The second-order valence-electron chi connectivity index (χ2n) is 11.8. The van der Waals surface area contributed by atoms with Crippen LogP contribution in [0.2, 0.25) is 0 Å². The molecule has 3 radical (unpaired) electrons. The summed E-state index contributed by atoms with van der Waals surface area (Å²) in [5.41, 5.74) is 10.9. The molecule has 6 aromatic carbocycles. The number of hydrogen-bond acceptors (Lipinski definition) is 17. The Morgan fingerprint density at radius 2 is 1.03 bits per heavy atom. The fourth-order valence-electron chi connectivity index (χ4n) is 5.22. The summed E-state index contributed by atoms with van der Waals surface area (Å²) in [6, 6.07) is 22.9. The van der Waals surface area contributed by atoms with Crippen molar-refractivity contribution in [3.63, 3.8) is 0 Å². The first-order chi connectivity index (χ1) is 26.8. The van der Waals surface area contributed by atoms with Crippen molar-refractivity contribution in [2.45, 2.75) is 14.7 Å². The minimum atomic E-state index is -5.21. The molecule has 0 heterocycles. The third-order valence-corrected chi connectivity index (χ3v) is 10.5. The van der Waals surface area contributed by atoms with Crippen LogP contribution in [0.5, 0.6) is 11.5 Å². The van der Waals surface area contributed by atoms with Gasteiger partial charge in [0.1, 0.15) is 37.5 Å². The number of nitrogen functional groups attached to an aromatic ring is 2. The van der Waals surface area contributed by atoms with Gasteiger partial charge in [-0.3, -0.25) is 13.7 Å². The topological polar surface area (TPSA) is 342 Å². The van der Waals surface area contributed by atoms with E-state index >= 15 is 0 Å². The molecule has 0 amide bonds. The smallest absolute Gasteiger partial charge is 0.296 e. The fourth-order valence-corrected chi connectivity index (χ4v) is 7.21. The average molecular weight is 903 g/mol. The number of nitrogens with zero attached hydrogens (tertiary/aromatic N) is 6. The number of phenolic OH excluding ortho intramolecular Hbond substituents is 2. The Morgan fingerprint density at radius 1 is 0.517 bits per heavy atom. The Kier molecular flexibility index (Phi) is 17.1. The monoisotopic (exact) mass is 902 g/mol. The van der Waals surface area contributed by atoms with Gasteiger partial charge in [-0.05, 0) is 84.2 Å². The minimum absolute atomic E-state index is 0. The van der Waals surface area contributed by atoms with Crippen molar-refractivity contribution in [3.05, 3.63) is 103 Å².